The number of carbonyl (C=O) groups is 1. The second-order valence-electron chi connectivity index (χ2n) is 6.15. The number of furan rings is 1. The van der Waals surface area contributed by atoms with Crippen LogP contribution in [-0.4, -0.2) is 27.1 Å². The third kappa shape index (κ3) is 5.11. The predicted molar refractivity (Wildman–Crippen MR) is 111 cm³/mol. The van der Waals surface area contributed by atoms with E-state index in [4.69, 9.17) is 4.42 Å². The molecule has 0 aliphatic carbocycles. The lowest BCUT2D eigenvalue weighted by molar-refractivity contribution is -0.119. The highest BCUT2D eigenvalue weighted by atomic mass is 32.2. The summed E-state index contributed by atoms with van der Waals surface area (Å²) in [6, 6.07) is 18.4. The summed E-state index contributed by atoms with van der Waals surface area (Å²) in [6.07, 6.45) is 3.65. The molecule has 1 N–H and O–H groups in total. The zero-order valence-corrected chi connectivity index (χ0v) is 16.7. The summed E-state index contributed by atoms with van der Waals surface area (Å²) in [7, 11) is -3.93. The summed E-state index contributed by atoms with van der Waals surface area (Å²) in [5.41, 5.74) is 3.80. The van der Waals surface area contributed by atoms with Crippen LogP contribution in [0.4, 0.5) is 5.69 Å². The number of aryl methyl sites for hydroxylation is 1. The summed E-state index contributed by atoms with van der Waals surface area (Å²) in [5, 5.41) is 3.80. The minimum atomic E-state index is -3.93. The number of rotatable bonds is 8. The fourth-order valence-electron chi connectivity index (χ4n) is 2.63. The number of anilines is 1. The van der Waals surface area contributed by atoms with Crippen LogP contribution in [0.1, 0.15) is 18.2 Å². The summed E-state index contributed by atoms with van der Waals surface area (Å²) >= 11 is 0. The molecule has 29 heavy (non-hydrogen) atoms. The molecular formula is C21H21N3O4S. The zero-order valence-electron chi connectivity index (χ0n) is 15.9. The highest BCUT2D eigenvalue weighted by Crippen LogP contribution is 2.24. The van der Waals surface area contributed by atoms with Gasteiger partial charge in [0.15, 0.2) is 0 Å². The van der Waals surface area contributed by atoms with Crippen molar-refractivity contribution >= 4 is 27.8 Å². The van der Waals surface area contributed by atoms with Crippen LogP contribution < -0.4 is 9.73 Å². The summed E-state index contributed by atoms with van der Waals surface area (Å²) < 4.78 is 32.5. The van der Waals surface area contributed by atoms with E-state index >= 15 is 0 Å². The monoisotopic (exact) mass is 411 g/mol. The first-order chi connectivity index (χ1) is 14.0. The molecule has 150 valence electrons. The Morgan fingerprint density at radius 1 is 1.07 bits per heavy atom. The highest BCUT2D eigenvalue weighted by molar-refractivity contribution is 7.92. The number of amides is 1. The van der Waals surface area contributed by atoms with Crippen molar-refractivity contribution in [2.45, 2.75) is 18.2 Å². The summed E-state index contributed by atoms with van der Waals surface area (Å²) in [6.45, 7) is 1.59. The van der Waals surface area contributed by atoms with Gasteiger partial charge in [-0.1, -0.05) is 37.3 Å². The molecule has 3 aromatic rings. The Balaban J connectivity index is 1.85. The Morgan fingerprint density at radius 2 is 1.79 bits per heavy atom. The summed E-state index contributed by atoms with van der Waals surface area (Å²) in [4.78, 5) is 12.5. The Labute approximate surface area is 169 Å². The maximum Gasteiger partial charge on any atom is 0.264 e. The number of hydrogen-bond acceptors (Lipinski definition) is 5. The number of sulfonamides is 1. The van der Waals surface area contributed by atoms with E-state index in [1.165, 1.54) is 24.6 Å². The number of hydrazone groups is 1. The minimum Gasteiger partial charge on any atom is -0.463 e. The lowest BCUT2D eigenvalue weighted by atomic mass is 10.1. The van der Waals surface area contributed by atoms with Gasteiger partial charge in [-0.15, -0.1) is 0 Å². The molecule has 0 unspecified atom stereocenters. The largest absolute Gasteiger partial charge is 0.463 e. The molecule has 0 saturated heterocycles. The van der Waals surface area contributed by atoms with Gasteiger partial charge in [-0.3, -0.25) is 9.10 Å². The quantitative estimate of drug-likeness (QED) is 0.455. The highest BCUT2D eigenvalue weighted by Gasteiger charge is 2.27. The molecule has 1 aromatic heterocycles. The van der Waals surface area contributed by atoms with Gasteiger partial charge in [-0.25, -0.2) is 13.8 Å². The van der Waals surface area contributed by atoms with Crippen molar-refractivity contribution in [2.24, 2.45) is 5.10 Å². The smallest absolute Gasteiger partial charge is 0.264 e. The Bertz CT molecular complexity index is 1060. The Kier molecular flexibility index (Phi) is 6.46. The van der Waals surface area contributed by atoms with Crippen molar-refractivity contribution in [1.82, 2.24) is 5.43 Å². The van der Waals surface area contributed by atoms with Gasteiger partial charge in [0.05, 0.1) is 23.1 Å². The van der Waals surface area contributed by atoms with E-state index in [9.17, 15) is 13.2 Å². The topological polar surface area (TPSA) is 92.0 Å². The predicted octanol–water partition coefficient (Wildman–Crippen LogP) is 3.19. The number of nitrogens with zero attached hydrogens (tertiary/aromatic N) is 2. The molecular weight excluding hydrogens is 390 g/mol. The molecule has 0 atom stereocenters. The number of hydrogen-bond donors (Lipinski definition) is 1. The van der Waals surface area contributed by atoms with E-state index in [2.05, 4.69) is 10.5 Å². The molecule has 0 aliphatic heterocycles. The van der Waals surface area contributed by atoms with Crippen molar-refractivity contribution in [3.63, 3.8) is 0 Å². The van der Waals surface area contributed by atoms with Crippen molar-refractivity contribution in [2.75, 3.05) is 10.8 Å². The second kappa shape index (κ2) is 9.20. The molecule has 0 bridgehead atoms. The van der Waals surface area contributed by atoms with E-state index in [1.54, 1.807) is 42.5 Å². The minimum absolute atomic E-state index is 0.103. The van der Waals surface area contributed by atoms with E-state index in [0.717, 1.165) is 16.3 Å². The lowest BCUT2D eigenvalue weighted by Crippen LogP contribution is -2.39. The van der Waals surface area contributed by atoms with Crippen molar-refractivity contribution < 1.29 is 17.6 Å². The van der Waals surface area contributed by atoms with Crippen molar-refractivity contribution in [1.29, 1.82) is 0 Å². The Morgan fingerprint density at radius 3 is 2.41 bits per heavy atom. The van der Waals surface area contributed by atoms with Gasteiger partial charge in [-0.2, -0.15) is 5.10 Å². The molecule has 2 aromatic carbocycles. The number of nitrogens with one attached hydrogen (secondary N) is 1. The molecule has 0 saturated carbocycles. The van der Waals surface area contributed by atoms with E-state index in [1.807, 2.05) is 19.1 Å². The lowest BCUT2D eigenvalue weighted by Gasteiger charge is -2.23. The van der Waals surface area contributed by atoms with Gasteiger partial charge in [-0.05, 0) is 48.4 Å². The average Bonchev–Trinajstić information content (AvgIpc) is 3.26. The molecule has 0 fully saturated rings. The van der Waals surface area contributed by atoms with Gasteiger partial charge in [0, 0.05) is 0 Å². The molecule has 0 radical (unpaired) electrons. The zero-order chi connectivity index (χ0) is 20.7. The van der Waals surface area contributed by atoms with Crippen LogP contribution in [-0.2, 0) is 21.2 Å². The maximum atomic E-state index is 13.2. The van der Waals surface area contributed by atoms with Gasteiger partial charge in [0.2, 0.25) is 0 Å². The van der Waals surface area contributed by atoms with Crippen LogP contribution in [0.5, 0.6) is 0 Å². The van der Waals surface area contributed by atoms with Crippen molar-refractivity contribution in [3.05, 3.63) is 84.3 Å². The normalized spacial score (nSPS) is 11.5. The van der Waals surface area contributed by atoms with Crippen LogP contribution in [0.3, 0.4) is 0 Å². The first-order valence-corrected chi connectivity index (χ1v) is 10.5. The molecule has 3 rings (SSSR count). The fourth-order valence-corrected chi connectivity index (χ4v) is 4.07. The van der Waals surface area contributed by atoms with Crippen LogP contribution in [0.15, 0.2) is 87.4 Å². The van der Waals surface area contributed by atoms with E-state index in [0.29, 0.717) is 11.4 Å². The Hall–Kier alpha value is -3.39. The fraction of sp³-hybridized carbons (Fsp3) is 0.143. The van der Waals surface area contributed by atoms with Crippen LogP contribution >= 0.6 is 0 Å². The standard InChI is InChI=1S/C21H21N3O4S/c1-2-17-10-12-18(13-11-17)24(29(26,27)20-8-4-3-5-9-20)16-21(25)23-22-15-19-7-6-14-28-19/h3-15H,2,16H2,1H3,(H,23,25)/b22-15-. The van der Waals surface area contributed by atoms with Crippen LogP contribution in [0.2, 0.25) is 0 Å². The molecule has 0 aliphatic rings. The molecule has 7 nitrogen and oxygen atoms in total. The average molecular weight is 411 g/mol. The van der Waals surface area contributed by atoms with E-state index < -0.39 is 22.5 Å². The van der Waals surface area contributed by atoms with Crippen molar-refractivity contribution in [3.8, 4) is 0 Å². The number of carbonyl (C=O) groups excluding carboxylic acids is 1. The third-order valence-electron chi connectivity index (χ3n) is 4.18. The van der Waals surface area contributed by atoms with Gasteiger partial charge >= 0.3 is 0 Å². The third-order valence-corrected chi connectivity index (χ3v) is 5.96. The van der Waals surface area contributed by atoms with E-state index in [-0.39, 0.29) is 4.90 Å². The van der Waals surface area contributed by atoms with Gasteiger partial charge in [0.25, 0.3) is 15.9 Å². The van der Waals surface area contributed by atoms with Crippen LogP contribution in [0, 0.1) is 0 Å². The maximum absolute atomic E-state index is 13.2. The van der Waals surface area contributed by atoms with Gasteiger partial charge < -0.3 is 4.42 Å². The molecule has 0 spiro atoms. The first kappa shape index (κ1) is 20.3. The SMILES string of the molecule is CCc1ccc(N(CC(=O)N/N=C\c2ccco2)S(=O)(=O)c2ccccc2)cc1. The van der Waals surface area contributed by atoms with Crippen LogP contribution in [0.25, 0.3) is 0 Å². The second-order valence-corrected chi connectivity index (χ2v) is 8.02. The molecule has 8 heteroatoms. The van der Waals surface area contributed by atoms with Gasteiger partial charge in [0.1, 0.15) is 12.3 Å². The molecule has 1 amide bonds. The first-order valence-electron chi connectivity index (χ1n) is 9.03. The molecule has 1 heterocycles. The number of benzene rings is 2. The summed E-state index contributed by atoms with van der Waals surface area (Å²) in [5.74, 6) is -0.110.